The highest BCUT2D eigenvalue weighted by Gasteiger charge is 2.62. The molecule has 0 fully saturated rings. The summed E-state index contributed by atoms with van der Waals surface area (Å²) in [5.41, 5.74) is 7.14. The minimum absolute atomic E-state index is 0.0200. The lowest BCUT2D eigenvalue weighted by Gasteiger charge is -2.45. The van der Waals surface area contributed by atoms with E-state index >= 15 is 0 Å². The summed E-state index contributed by atoms with van der Waals surface area (Å²) in [4.78, 5) is 42.6. The molecule has 0 aromatic heterocycles. The highest BCUT2D eigenvalue weighted by molar-refractivity contribution is 6.21. The fraction of sp³-hybridized carbons (Fsp3) is 0.286. The molecule has 2 amide bonds. The van der Waals surface area contributed by atoms with Gasteiger partial charge in [0, 0.05) is 54.8 Å². The van der Waals surface area contributed by atoms with Crippen molar-refractivity contribution in [2.45, 2.75) is 24.7 Å². The Balaban J connectivity index is 1.64. The van der Waals surface area contributed by atoms with Crippen LogP contribution in [-0.4, -0.2) is 55.4 Å². The standard InChI is InChI=1S/C28H28N6O4/c1-32(2)34-22-12-7-13-23(35)25(22)28(20(15-29)26(34)30)19-10-4-5-11-21(19)33(27(28)37)16-24(36)31-17-8-6-9-18(14-17)38-3/h4-6,8-11,14H,7,12-13,16,30H2,1-3H3,(H,31,36). The van der Waals surface area contributed by atoms with Gasteiger partial charge in [0.15, 0.2) is 5.78 Å². The third-order valence-electron chi connectivity index (χ3n) is 7.21. The Hall–Kier alpha value is -4.62. The lowest BCUT2D eigenvalue weighted by molar-refractivity contribution is -0.125. The molecule has 0 radical (unpaired) electrons. The van der Waals surface area contributed by atoms with Crippen LogP contribution in [0, 0.1) is 11.3 Å². The summed E-state index contributed by atoms with van der Waals surface area (Å²) in [5.74, 6) is -0.517. The van der Waals surface area contributed by atoms with Gasteiger partial charge in [0.1, 0.15) is 29.6 Å². The molecule has 1 aliphatic carbocycles. The molecule has 10 heteroatoms. The molecule has 2 aliphatic heterocycles. The molecule has 2 aromatic carbocycles. The summed E-state index contributed by atoms with van der Waals surface area (Å²) in [6.07, 6.45) is 1.38. The van der Waals surface area contributed by atoms with E-state index in [9.17, 15) is 19.6 Å². The van der Waals surface area contributed by atoms with Crippen LogP contribution in [0.25, 0.3) is 0 Å². The number of nitrogens with two attached hydrogens (primary N) is 1. The molecule has 10 nitrogen and oxygen atoms in total. The van der Waals surface area contributed by atoms with Crippen LogP contribution < -0.4 is 20.7 Å². The summed E-state index contributed by atoms with van der Waals surface area (Å²) < 4.78 is 5.22. The Bertz CT molecular complexity index is 1470. The zero-order valence-electron chi connectivity index (χ0n) is 21.4. The van der Waals surface area contributed by atoms with Gasteiger partial charge < -0.3 is 20.7 Å². The SMILES string of the molecule is COc1cccc(NC(=O)CN2C(=O)C3(C(C#N)=C(N)N(N(C)C)C4=C3C(=O)CCC4)c3ccccc32)c1. The molecular weight excluding hydrogens is 484 g/mol. The molecule has 1 spiro atoms. The zero-order chi connectivity index (χ0) is 27.2. The molecular formula is C28H28N6O4. The maximum absolute atomic E-state index is 14.5. The molecule has 0 saturated carbocycles. The number of para-hydroxylation sites is 1. The Kier molecular flexibility index (Phi) is 6.17. The van der Waals surface area contributed by atoms with Gasteiger partial charge in [-0.3, -0.25) is 19.4 Å². The first-order valence-corrected chi connectivity index (χ1v) is 12.3. The second-order valence-electron chi connectivity index (χ2n) is 9.57. The average Bonchev–Trinajstić information content (AvgIpc) is 3.12. The van der Waals surface area contributed by atoms with Crippen molar-refractivity contribution in [2.24, 2.45) is 5.73 Å². The van der Waals surface area contributed by atoms with Crippen molar-refractivity contribution in [3.63, 3.8) is 0 Å². The van der Waals surface area contributed by atoms with Gasteiger partial charge in [0.05, 0.1) is 12.7 Å². The summed E-state index contributed by atoms with van der Waals surface area (Å²) in [5, 5.41) is 16.5. The molecule has 1 unspecified atom stereocenters. The molecule has 1 atom stereocenters. The number of carbonyl (C=O) groups is 3. The van der Waals surface area contributed by atoms with Gasteiger partial charge in [-0.05, 0) is 31.0 Å². The predicted molar refractivity (Wildman–Crippen MR) is 140 cm³/mol. The topological polar surface area (TPSA) is 132 Å². The van der Waals surface area contributed by atoms with Crippen molar-refractivity contribution >= 4 is 29.0 Å². The van der Waals surface area contributed by atoms with Crippen LogP contribution in [0.2, 0.25) is 0 Å². The molecule has 2 aromatic rings. The van der Waals surface area contributed by atoms with Gasteiger partial charge in [-0.25, -0.2) is 5.01 Å². The number of fused-ring (bicyclic) bond motifs is 3. The van der Waals surface area contributed by atoms with E-state index in [1.807, 2.05) is 0 Å². The number of methoxy groups -OCH3 is 1. The first-order chi connectivity index (χ1) is 18.2. The van der Waals surface area contributed by atoms with Crippen molar-refractivity contribution in [3.8, 4) is 11.8 Å². The highest BCUT2D eigenvalue weighted by atomic mass is 16.5. The molecule has 3 aliphatic rings. The van der Waals surface area contributed by atoms with Crippen LogP contribution in [0.5, 0.6) is 5.75 Å². The van der Waals surface area contributed by atoms with Crippen molar-refractivity contribution in [1.29, 1.82) is 5.26 Å². The number of allylic oxidation sites excluding steroid dienone is 1. The largest absolute Gasteiger partial charge is 0.497 e. The van der Waals surface area contributed by atoms with Crippen LogP contribution in [0.15, 0.2) is 71.2 Å². The molecule has 194 valence electrons. The third-order valence-corrected chi connectivity index (χ3v) is 7.21. The summed E-state index contributed by atoms with van der Waals surface area (Å²) in [7, 11) is 5.07. The van der Waals surface area contributed by atoms with Crippen LogP contribution in [0.4, 0.5) is 11.4 Å². The number of Topliss-reactive ketones (excluding diaryl/α,β-unsaturated/α-hetero) is 1. The molecule has 0 bridgehead atoms. The molecule has 3 N–H and O–H groups in total. The van der Waals surface area contributed by atoms with Crippen molar-refractivity contribution in [2.75, 3.05) is 38.0 Å². The Morgan fingerprint density at radius 2 is 1.95 bits per heavy atom. The van der Waals surface area contributed by atoms with E-state index in [1.165, 1.54) is 12.0 Å². The van der Waals surface area contributed by atoms with Crippen molar-refractivity contribution in [1.82, 2.24) is 10.0 Å². The van der Waals surface area contributed by atoms with Gasteiger partial charge in [-0.2, -0.15) is 5.26 Å². The normalized spacial score (nSPS) is 20.6. The fourth-order valence-electron chi connectivity index (χ4n) is 5.77. The number of nitrogens with one attached hydrogen (secondary N) is 1. The molecule has 2 heterocycles. The van der Waals surface area contributed by atoms with Crippen LogP contribution in [0.1, 0.15) is 24.8 Å². The minimum atomic E-state index is -1.72. The molecule has 0 saturated heterocycles. The van der Waals surface area contributed by atoms with Crippen LogP contribution in [-0.2, 0) is 19.8 Å². The number of ether oxygens (including phenoxy) is 1. The first-order valence-electron chi connectivity index (χ1n) is 12.3. The van der Waals surface area contributed by atoms with Gasteiger partial charge in [-0.15, -0.1) is 0 Å². The zero-order valence-corrected chi connectivity index (χ0v) is 21.4. The maximum atomic E-state index is 14.5. The number of hydrogen-bond donors (Lipinski definition) is 2. The van der Waals surface area contributed by atoms with Crippen molar-refractivity contribution < 1.29 is 19.1 Å². The van der Waals surface area contributed by atoms with E-state index in [4.69, 9.17) is 10.5 Å². The summed E-state index contributed by atoms with van der Waals surface area (Å²) in [6.45, 7) is -0.318. The van der Waals surface area contributed by atoms with Crippen molar-refractivity contribution in [3.05, 3.63) is 76.8 Å². The van der Waals surface area contributed by atoms with E-state index in [0.717, 1.165) is 0 Å². The summed E-state index contributed by atoms with van der Waals surface area (Å²) in [6, 6.07) is 16.0. The van der Waals surface area contributed by atoms with Crippen LogP contribution in [0.3, 0.4) is 0 Å². The van der Waals surface area contributed by atoms with Gasteiger partial charge in [0.25, 0.3) is 0 Å². The predicted octanol–water partition coefficient (Wildman–Crippen LogP) is 2.41. The molecule has 38 heavy (non-hydrogen) atoms. The van der Waals surface area contributed by atoms with E-state index < -0.39 is 17.2 Å². The number of nitriles is 1. The van der Waals surface area contributed by atoms with Gasteiger partial charge in [0.2, 0.25) is 11.8 Å². The number of anilines is 2. The number of hydrazine groups is 1. The van der Waals surface area contributed by atoms with Gasteiger partial charge in [-0.1, -0.05) is 24.3 Å². The Morgan fingerprint density at radius 3 is 2.66 bits per heavy atom. The average molecular weight is 513 g/mol. The Morgan fingerprint density at radius 1 is 1.18 bits per heavy atom. The van der Waals surface area contributed by atoms with E-state index in [-0.39, 0.29) is 35.7 Å². The smallest absolute Gasteiger partial charge is 0.248 e. The summed E-state index contributed by atoms with van der Waals surface area (Å²) >= 11 is 0. The number of nitrogens with zero attached hydrogens (tertiary/aromatic N) is 4. The second-order valence-corrected chi connectivity index (χ2v) is 9.57. The fourth-order valence-corrected chi connectivity index (χ4v) is 5.77. The van der Waals surface area contributed by atoms with E-state index in [2.05, 4.69) is 11.4 Å². The number of hydrogen-bond acceptors (Lipinski definition) is 8. The number of carbonyl (C=O) groups excluding carboxylic acids is 3. The van der Waals surface area contributed by atoms with E-state index in [1.54, 1.807) is 72.6 Å². The first kappa shape index (κ1) is 25.0. The number of ketones is 1. The quantitative estimate of drug-likeness (QED) is 0.624. The molecule has 5 rings (SSSR count). The van der Waals surface area contributed by atoms with Gasteiger partial charge >= 0.3 is 0 Å². The second kappa shape index (κ2) is 9.36. The third kappa shape index (κ3) is 3.55. The van der Waals surface area contributed by atoms with Crippen LogP contribution >= 0.6 is 0 Å². The lowest BCUT2D eigenvalue weighted by atomic mass is 9.64. The van der Waals surface area contributed by atoms with E-state index in [0.29, 0.717) is 41.2 Å². The number of rotatable bonds is 5. The monoisotopic (exact) mass is 512 g/mol. The lowest BCUT2D eigenvalue weighted by Crippen LogP contribution is -2.55. The maximum Gasteiger partial charge on any atom is 0.248 e. The Labute approximate surface area is 220 Å². The minimum Gasteiger partial charge on any atom is -0.497 e. The number of amides is 2. The number of benzene rings is 2. The highest BCUT2D eigenvalue weighted by Crippen LogP contribution is 2.56.